The number of hydrogen-bond donors (Lipinski definition) is 1. The minimum absolute atomic E-state index is 0.377. The Morgan fingerprint density at radius 3 is 2.74 bits per heavy atom. The van der Waals surface area contributed by atoms with Gasteiger partial charge in [0.15, 0.2) is 0 Å². The van der Waals surface area contributed by atoms with Crippen molar-refractivity contribution < 1.29 is 4.39 Å². The summed E-state index contributed by atoms with van der Waals surface area (Å²) in [5.41, 5.74) is 5.94. The van der Waals surface area contributed by atoms with Crippen LogP contribution in [0.5, 0.6) is 0 Å². The van der Waals surface area contributed by atoms with Crippen molar-refractivity contribution in [2.45, 2.75) is 6.92 Å². The Morgan fingerprint density at radius 1 is 0.935 bits per heavy atom. The molecule has 0 fully saturated rings. The Bertz CT molecular complexity index is 1570. The molecule has 6 rings (SSSR count). The molecule has 1 N–H and O–H groups in total. The Labute approximate surface area is 175 Å². The molecule has 0 aliphatic carbocycles. The fourth-order valence-electron chi connectivity index (χ4n) is 3.86. The van der Waals surface area contributed by atoms with Crippen molar-refractivity contribution in [3.8, 4) is 22.6 Å². The van der Waals surface area contributed by atoms with Crippen LogP contribution >= 0.6 is 0 Å². The monoisotopic (exact) mass is 409 g/mol. The maximum absolute atomic E-state index is 15.1. The standard InChI is InChI=1S/C23H16FN7/c1-14-3-2-4-16(9-14)30-22(7-8-26-30)18-11-23-21(12-19(18)24)28-29-31(23)17-6-5-15-13-25-27-20(15)10-17/h2-13H,1H3,(H,25,27). The van der Waals surface area contributed by atoms with E-state index in [1.165, 1.54) is 6.07 Å². The first-order chi connectivity index (χ1) is 15.2. The lowest BCUT2D eigenvalue weighted by Crippen LogP contribution is -2.01. The lowest BCUT2D eigenvalue weighted by molar-refractivity contribution is 0.631. The van der Waals surface area contributed by atoms with Gasteiger partial charge in [-0.1, -0.05) is 17.3 Å². The predicted molar refractivity (Wildman–Crippen MR) is 116 cm³/mol. The van der Waals surface area contributed by atoms with Gasteiger partial charge in [0.25, 0.3) is 0 Å². The van der Waals surface area contributed by atoms with Crippen LogP contribution in [0, 0.1) is 12.7 Å². The van der Waals surface area contributed by atoms with E-state index >= 15 is 4.39 Å². The van der Waals surface area contributed by atoms with Gasteiger partial charge in [-0.15, -0.1) is 5.10 Å². The van der Waals surface area contributed by atoms with Crippen molar-refractivity contribution >= 4 is 21.9 Å². The molecule has 0 spiro atoms. The molecule has 0 saturated heterocycles. The smallest absolute Gasteiger partial charge is 0.134 e. The molecule has 0 amide bonds. The quantitative estimate of drug-likeness (QED) is 0.464. The van der Waals surface area contributed by atoms with E-state index in [0.717, 1.165) is 27.8 Å². The topological polar surface area (TPSA) is 77.2 Å². The largest absolute Gasteiger partial charge is 0.278 e. The molecule has 150 valence electrons. The third-order valence-corrected chi connectivity index (χ3v) is 5.37. The highest BCUT2D eigenvalue weighted by atomic mass is 19.1. The fourth-order valence-corrected chi connectivity index (χ4v) is 3.86. The number of aryl methyl sites for hydroxylation is 1. The molecule has 0 aliphatic heterocycles. The van der Waals surface area contributed by atoms with Crippen LogP contribution < -0.4 is 0 Å². The number of hydrogen-bond acceptors (Lipinski definition) is 4. The summed E-state index contributed by atoms with van der Waals surface area (Å²) in [7, 11) is 0. The third kappa shape index (κ3) is 2.80. The van der Waals surface area contributed by atoms with Gasteiger partial charge >= 0.3 is 0 Å². The number of nitrogens with zero attached hydrogens (tertiary/aromatic N) is 6. The summed E-state index contributed by atoms with van der Waals surface area (Å²) in [5, 5.41) is 20.9. The molecule has 3 aromatic heterocycles. The molecule has 0 aliphatic rings. The summed E-state index contributed by atoms with van der Waals surface area (Å²) in [6, 6.07) is 18.8. The number of aromatic nitrogens is 7. The van der Waals surface area contributed by atoms with Crippen molar-refractivity contribution in [2.75, 3.05) is 0 Å². The Kier molecular flexibility index (Phi) is 3.73. The molecule has 31 heavy (non-hydrogen) atoms. The normalized spacial score (nSPS) is 11.5. The molecule has 0 saturated carbocycles. The van der Waals surface area contributed by atoms with Gasteiger partial charge in [-0.25, -0.2) is 13.8 Å². The zero-order chi connectivity index (χ0) is 20.9. The summed E-state index contributed by atoms with van der Waals surface area (Å²) in [6.07, 6.45) is 3.43. The van der Waals surface area contributed by atoms with Crippen molar-refractivity contribution in [1.29, 1.82) is 0 Å². The van der Waals surface area contributed by atoms with Crippen molar-refractivity contribution in [3.63, 3.8) is 0 Å². The average molecular weight is 409 g/mol. The molecule has 7 nitrogen and oxygen atoms in total. The maximum Gasteiger partial charge on any atom is 0.134 e. The van der Waals surface area contributed by atoms with E-state index in [2.05, 4.69) is 25.6 Å². The first kappa shape index (κ1) is 17.5. The van der Waals surface area contributed by atoms with Crippen LogP contribution in [0.25, 0.3) is 44.6 Å². The number of H-pyrrole nitrogens is 1. The highest BCUT2D eigenvalue weighted by molar-refractivity contribution is 5.85. The Morgan fingerprint density at radius 2 is 1.84 bits per heavy atom. The van der Waals surface area contributed by atoms with E-state index in [1.807, 2.05) is 49.4 Å². The van der Waals surface area contributed by atoms with E-state index in [0.29, 0.717) is 22.3 Å². The van der Waals surface area contributed by atoms with E-state index in [9.17, 15) is 0 Å². The van der Waals surface area contributed by atoms with Gasteiger partial charge < -0.3 is 0 Å². The van der Waals surface area contributed by atoms with Gasteiger partial charge in [-0.05, 0) is 55.0 Å². The van der Waals surface area contributed by atoms with E-state index in [-0.39, 0.29) is 5.82 Å². The molecule has 6 aromatic rings. The molecule has 8 heteroatoms. The average Bonchev–Trinajstić information content (AvgIpc) is 3.51. The minimum atomic E-state index is -0.377. The molecule has 0 unspecified atom stereocenters. The van der Waals surface area contributed by atoms with Gasteiger partial charge in [0.05, 0.1) is 40.5 Å². The SMILES string of the molecule is Cc1cccc(-n2nccc2-c2cc3c(cc2F)nnn3-c2ccc3cn[nH]c3c2)c1. The first-order valence-electron chi connectivity index (χ1n) is 9.77. The van der Waals surface area contributed by atoms with Crippen molar-refractivity contribution in [3.05, 3.63) is 84.4 Å². The summed E-state index contributed by atoms with van der Waals surface area (Å²) in [5.74, 6) is -0.377. The second-order valence-corrected chi connectivity index (χ2v) is 7.43. The second kappa shape index (κ2) is 6.60. The molecule has 0 bridgehead atoms. The van der Waals surface area contributed by atoms with Crippen LogP contribution in [-0.2, 0) is 0 Å². The number of rotatable bonds is 3. The van der Waals surface area contributed by atoms with Crippen LogP contribution in [0.15, 0.2) is 73.1 Å². The van der Waals surface area contributed by atoms with E-state index in [1.54, 1.807) is 33.9 Å². The molecular weight excluding hydrogens is 393 g/mol. The Hall–Kier alpha value is -4.33. The lowest BCUT2D eigenvalue weighted by atomic mass is 10.1. The van der Waals surface area contributed by atoms with Crippen LogP contribution in [0.2, 0.25) is 0 Å². The number of nitrogens with one attached hydrogen (secondary N) is 1. The molecular formula is C23H16FN7. The van der Waals surface area contributed by atoms with Crippen LogP contribution in [0.3, 0.4) is 0 Å². The number of fused-ring (bicyclic) bond motifs is 2. The highest BCUT2D eigenvalue weighted by Crippen LogP contribution is 2.30. The molecule has 3 heterocycles. The number of aromatic amines is 1. The maximum atomic E-state index is 15.1. The summed E-state index contributed by atoms with van der Waals surface area (Å²) >= 11 is 0. The number of benzene rings is 3. The third-order valence-electron chi connectivity index (χ3n) is 5.37. The molecule has 0 atom stereocenters. The van der Waals surface area contributed by atoms with Crippen LogP contribution in [0.1, 0.15) is 5.56 Å². The van der Waals surface area contributed by atoms with Crippen molar-refractivity contribution in [2.24, 2.45) is 0 Å². The van der Waals surface area contributed by atoms with Gasteiger partial charge in [0.2, 0.25) is 0 Å². The van der Waals surface area contributed by atoms with Gasteiger partial charge in [0.1, 0.15) is 11.3 Å². The second-order valence-electron chi connectivity index (χ2n) is 7.43. The first-order valence-corrected chi connectivity index (χ1v) is 9.77. The fraction of sp³-hybridized carbons (Fsp3) is 0.0435. The van der Waals surface area contributed by atoms with Gasteiger partial charge in [-0.3, -0.25) is 5.10 Å². The van der Waals surface area contributed by atoms with Gasteiger partial charge in [-0.2, -0.15) is 10.2 Å². The number of halogens is 1. The summed E-state index contributed by atoms with van der Waals surface area (Å²) in [4.78, 5) is 0. The Balaban J connectivity index is 1.54. The highest BCUT2D eigenvalue weighted by Gasteiger charge is 2.17. The van der Waals surface area contributed by atoms with Crippen molar-refractivity contribution in [1.82, 2.24) is 35.0 Å². The molecule has 0 radical (unpaired) electrons. The summed E-state index contributed by atoms with van der Waals surface area (Å²) in [6.45, 7) is 2.01. The van der Waals surface area contributed by atoms with Gasteiger partial charge in [0, 0.05) is 17.0 Å². The zero-order valence-corrected chi connectivity index (χ0v) is 16.5. The van der Waals surface area contributed by atoms with Crippen LogP contribution in [0.4, 0.5) is 4.39 Å². The zero-order valence-electron chi connectivity index (χ0n) is 16.5. The summed E-state index contributed by atoms with van der Waals surface area (Å²) < 4.78 is 18.5. The van der Waals surface area contributed by atoms with E-state index in [4.69, 9.17) is 0 Å². The molecule has 3 aromatic carbocycles. The predicted octanol–water partition coefficient (Wildman–Crippen LogP) is 4.60. The lowest BCUT2D eigenvalue weighted by Gasteiger charge is -2.10. The minimum Gasteiger partial charge on any atom is -0.278 e. The van der Waals surface area contributed by atoms with E-state index < -0.39 is 0 Å². The van der Waals surface area contributed by atoms with Crippen LogP contribution in [-0.4, -0.2) is 35.0 Å².